The second-order valence-electron chi connectivity index (χ2n) is 6.76. The topological polar surface area (TPSA) is 92.4 Å². The Bertz CT molecular complexity index is 845. The van der Waals surface area contributed by atoms with Crippen LogP contribution in [0.4, 0.5) is 0 Å². The summed E-state index contributed by atoms with van der Waals surface area (Å²) in [5.41, 5.74) is 2.53. The Balaban J connectivity index is 1.50. The minimum atomic E-state index is -0.151. The van der Waals surface area contributed by atoms with Gasteiger partial charge in [-0.2, -0.15) is 0 Å². The molecular formula is C20H22N4O3. The summed E-state index contributed by atoms with van der Waals surface area (Å²) in [6.45, 7) is 2.75. The van der Waals surface area contributed by atoms with Crippen molar-refractivity contribution < 1.29 is 14.3 Å². The monoisotopic (exact) mass is 366 g/mol. The fourth-order valence-electron chi connectivity index (χ4n) is 3.36. The van der Waals surface area contributed by atoms with Crippen LogP contribution in [-0.4, -0.2) is 49.1 Å². The van der Waals surface area contributed by atoms with Gasteiger partial charge in [-0.05, 0) is 49.7 Å². The second kappa shape index (κ2) is 7.75. The van der Waals surface area contributed by atoms with Crippen molar-refractivity contribution in [3.05, 3.63) is 47.7 Å². The first-order valence-electron chi connectivity index (χ1n) is 9.24. The number of hydrogen-bond acceptors (Lipinski definition) is 5. The average Bonchev–Trinajstić information content (AvgIpc) is 2.90. The second-order valence-corrected chi connectivity index (χ2v) is 6.76. The van der Waals surface area contributed by atoms with E-state index in [2.05, 4.69) is 20.9 Å². The number of piperidine rings is 1. The van der Waals surface area contributed by atoms with Crippen molar-refractivity contribution in [3.8, 4) is 17.0 Å². The molecule has 7 nitrogen and oxygen atoms in total. The summed E-state index contributed by atoms with van der Waals surface area (Å²) >= 11 is 0. The maximum atomic E-state index is 12.4. The van der Waals surface area contributed by atoms with Gasteiger partial charge in [0.25, 0.3) is 11.8 Å². The van der Waals surface area contributed by atoms with Crippen molar-refractivity contribution in [2.45, 2.75) is 18.9 Å². The van der Waals surface area contributed by atoms with Crippen LogP contribution in [-0.2, 0) is 0 Å². The highest BCUT2D eigenvalue weighted by molar-refractivity contribution is 5.98. The largest absolute Gasteiger partial charge is 0.491 e. The Morgan fingerprint density at radius 1 is 1.22 bits per heavy atom. The molecule has 1 aromatic carbocycles. The lowest BCUT2D eigenvalue weighted by atomic mass is 10.0. The first-order valence-corrected chi connectivity index (χ1v) is 9.24. The third-order valence-corrected chi connectivity index (χ3v) is 4.82. The molecule has 0 bridgehead atoms. The number of nitrogens with one attached hydrogen (secondary N) is 3. The molecule has 3 heterocycles. The third kappa shape index (κ3) is 3.93. The predicted molar refractivity (Wildman–Crippen MR) is 101 cm³/mol. The van der Waals surface area contributed by atoms with Crippen molar-refractivity contribution >= 4 is 11.8 Å². The molecule has 1 unspecified atom stereocenters. The molecule has 7 heteroatoms. The zero-order chi connectivity index (χ0) is 18.6. The van der Waals surface area contributed by atoms with Gasteiger partial charge < -0.3 is 20.7 Å². The van der Waals surface area contributed by atoms with E-state index in [-0.39, 0.29) is 17.9 Å². The highest BCUT2D eigenvalue weighted by Crippen LogP contribution is 2.26. The van der Waals surface area contributed by atoms with E-state index in [1.807, 2.05) is 6.07 Å². The number of ether oxygens (including phenoxy) is 1. The van der Waals surface area contributed by atoms with E-state index in [4.69, 9.17) is 4.74 Å². The predicted octanol–water partition coefficient (Wildman–Crippen LogP) is 1.35. The number of pyridine rings is 1. The van der Waals surface area contributed by atoms with Crippen LogP contribution in [0.15, 0.2) is 36.5 Å². The summed E-state index contributed by atoms with van der Waals surface area (Å²) < 4.78 is 5.57. The number of amides is 2. The summed E-state index contributed by atoms with van der Waals surface area (Å²) in [6.07, 6.45) is 3.63. The molecule has 0 saturated carbocycles. The van der Waals surface area contributed by atoms with E-state index in [0.29, 0.717) is 35.7 Å². The average molecular weight is 366 g/mol. The van der Waals surface area contributed by atoms with Crippen LogP contribution in [0, 0.1) is 0 Å². The lowest BCUT2D eigenvalue weighted by molar-refractivity contribution is 0.0928. The van der Waals surface area contributed by atoms with Crippen LogP contribution in [0.3, 0.4) is 0 Å². The third-order valence-electron chi connectivity index (χ3n) is 4.82. The number of carbonyl (C=O) groups is 2. The fourth-order valence-corrected chi connectivity index (χ4v) is 3.36. The summed E-state index contributed by atoms with van der Waals surface area (Å²) in [5, 5.41) is 9.12. The molecule has 1 fully saturated rings. The Hall–Kier alpha value is -2.93. The molecule has 1 aromatic heterocycles. The van der Waals surface area contributed by atoms with Crippen molar-refractivity contribution in [1.29, 1.82) is 0 Å². The fraction of sp³-hybridized carbons (Fsp3) is 0.350. The molecule has 1 saturated heterocycles. The van der Waals surface area contributed by atoms with Gasteiger partial charge in [-0.25, -0.2) is 0 Å². The molecular weight excluding hydrogens is 344 g/mol. The van der Waals surface area contributed by atoms with Gasteiger partial charge in [-0.3, -0.25) is 14.6 Å². The van der Waals surface area contributed by atoms with Crippen LogP contribution in [0.25, 0.3) is 11.3 Å². The molecule has 0 aliphatic carbocycles. The number of nitrogens with zero attached hydrogens (tertiary/aromatic N) is 1. The van der Waals surface area contributed by atoms with Crippen molar-refractivity contribution in [2.75, 3.05) is 26.2 Å². The zero-order valence-corrected chi connectivity index (χ0v) is 15.0. The van der Waals surface area contributed by atoms with Gasteiger partial charge in [-0.1, -0.05) is 0 Å². The molecule has 2 aliphatic heterocycles. The van der Waals surface area contributed by atoms with Gasteiger partial charge in [0.15, 0.2) is 0 Å². The van der Waals surface area contributed by atoms with Gasteiger partial charge in [-0.15, -0.1) is 0 Å². The molecule has 3 N–H and O–H groups in total. The van der Waals surface area contributed by atoms with Crippen molar-refractivity contribution in [2.24, 2.45) is 0 Å². The van der Waals surface area contributed by atoms with Crippen LogP contribution in [0.5, 0.6) is 5.75 Å². The number of aromatic nitrogens is 1. The Morgan fingerprint density at radius 3 is 2.93 bits per heavy atom. The molecule has 0 spiro atoms. The standard InChI is InChI=1S/C20H22N4O3/c25-19(24-15-2-1-7-21-12-15)14-3-5-17(23-11-14)13-4-6-18-16(10-13)20(26)22-8-9-27-18/h3-6,10-11,15,21H,1-2,7-9,12H2,(H,22,26)(H,24,25). The van der Waals surface area contributed by atoms with Gasteiger partial charge in [0.2, 0.25) is 0 Å². The van der Waals surface area contributed by atoms with E-state index in [1.54, 1.807) is 30.5 Å². The van der Waals surface area contributed by atoms with Gasteiger partial charge in [0.05, 0.1) is 23.4 Å². The van der Waals surface area contributed by atoms with E-state index >= 15 is 0 Å². The molecule has 2 aromatic rings. The van der Waals surface area contributed by atoms with Crippen molar-refractivity contribution in [3.63, 3.8) is 0 Å². The molecule has 2 aliphatic rings. The van der Waals surface area contributed by atoms with E-state index in [0.717, 1.165) is 31.5 Å². The summed E-state index contributed by atoms with van der Waals surface area (Å²) in [5.74, 6) is 0.310. The van der Waals surface area contributed by atoms with Gasteiger partial charge in [0, 0.05) is 24.3 Å². The smallest absolute Gasteiger partial charge is 0.255 e. The zero-order valence-electron chi connectivity index (χ0n) is 15.0. The van der Waals surface area contributed by atoms with Gasteiger partial charge >= 0.3 is 0 Å². The SMILES string of the molecule is O=C(NC1CCCNC1)c1ccc(-c2ccc3c(c2)C(=O)NCCO3)nc1. The first-order chi connectivity index (χ1) is 13.2. The van der Waals surface area contributed by atoms with E-state index in [1.165, 1.54) is 0 Å². The van der Waals surface area contributed by atoms with E-state index in [9.17, 15) is 9.59 Å². The molecule has 140 valence electrons. The number of benzene rings is 1. The lowest BCUT2D eigenvalue weighted by Crippen LogP contribution is -2.45. The highest BCUT2D eigenvalue weighted by atomic mass is 16.5. The molecule has 27 heavy (non-hydrogen) atoms. The maximum absolute atomic E-state index is 12.4. The summed E-state index contributed by atoms with van der Waals surface area (Å²) in [7, 11) is 0. The minimum absolute atomic E-state index is 0.113. The quantitative estimate of drug-likeness (QED) is 0.763. The maximum Gasteiger partial charge on any atom is 0.255 e. The van der Waals surface area contributed by atoms with Crippen molar-refractivity contribution in [1.82, 2.24) is 20.9 Å². The number of carbonyl (C=O) groups excluding carboxylic acids is 2. The Labute approximate surface area is 157 Å². The normalized spacial score (nSPS) is 19.3. The summed E-state index contributed by atoms with van der Waals surface area (Å²) in [6, 6.07) is 9.14. The first kappa shape index (κ1) is 17.5. The summed E-state index contributed by atoms with van der Waals surface area (Å²) in [4.78, 5) is 28.9. The lowest BCUT2D eigenvalue weighted by Gasteiger charge is -2.23. The number of fused-ring (bicyclic) bond motifs is 1. The molecule has 1 atom stereocenters. The van der Waals surface area contributed by atoms with E-state index < -0.39 is 0 Å². The molecule has 4 rings (SSSR count). The van der Waals surface area contributed by atoms with Crippen LogP contribution < -0.4 is 20.7 Å². The number of rotatable bonds is 3. The van der Waals surface area contributed by atoms with Crippen LogP contribution in [0.2, 0.25) is 0 Å². The molecule has 2 amide bonds. The Kier molecular flexibility index (Phi) is 5.02. The van der Waals surface area contributed by atoms with Gasteiger partial charge in [0.1, 0.15) is 12.4 Å². The minimum Gasteiger partial charge on any atom is -0.491 e. The van der Waals surface area contributed by atoms with Crippen LogP contribution >= 0.6 is 0 Å². The molecule has 0 radical (unpaired) electrons. The highest BCUT2D eigenvalue weighted by Gasteiger charge is 2.19. The number of hydrogen-bond donors (Lipinski definition) is 3. The Morgan fingerprint density at radius 2 is 2.15 bits per heavy atom. The van der Waals surface area contributed by atoms with Crippen LogP contribution in [0.1, 0.15) is 33.6 Å².